The molecule has 2 unspecified atom stereocenters. The van der Waals surface area contributed by atoms with Gasteiger partial charge in [0.25, 0.3) is 5.76 Å². The lowest BCUT2D eigenvalue weighted by Gasteiger charge is -2.21. The lowest BCUT2D eigenvalue weighted by molar-refractivity contribution is -0.165. The second-order valence-corrected chi connectivity index (χ2v) is 14.1. The Bertz CT molecular complexity index is 1260. The average molecular weight is 737 g/mol. The fourth-order valence-corrected chi connectivity index (χ4v) is 5.74. The molecular weight excluding hydrogens is 668 g/mol. The van der Waals surface area contributed by atoms with Gasteiger partial charge >= 0.3 is 17.9 Å². The van der Waals surface area contributed by atoms with Gasteiger partial charge in [-0.3, -0.25) is 9.59 Å². The normalized spacial score (nSPS) is 19.1. The summed E-state index contributed by atoms with van der Waals surface area (Å²) >= 11 is 0. The molecule has 2 aliphatic heterocycles. The van der Waals surface area contributed by atoms with Crippen LogP contribution in [0.5, 0.6) is 0 Å². The number of unbranched alkanes of at least 4 members (excludes halogenated alkanes) is 10. The Morgan fingerprint density at radius 2 is 1.04 bits per heavy atom. The monoisotopic (exact) mass is 736 g/mol. The van der Waals surface area contributed by atoms with Crippen molar-refractivity contribution in [3.05, 3.63) is 84.4 Å². The highest BCUT2D eigenvalue weighted by Gasteiger charge is 2.49. The topological polar surface area (TPSA) is 97.4 Å². The van der Waals surface area contributed by atoms with Gasteiger partial charge in [0.1, 0.15) is 6.10 Å². The molecule has 0 spiro atoms. The van der Waals surface area contributed by atoms with E-state index in [2.05, 4.69) is 86.8 Å². The van der Waals surface area contributed by atoms with Crippen molar-refractivity contribution in [2.75, 3.05) is 6.61 Å². The Morgan fingerprint density at radius 1 is 0.623 bits per heavy atom. The maximum Gasteiger partial charge on any atom is 0.378 e. The van der Waals surface area contributed by atoms with Gasteiger partial charge in [-0.25, -0.2) is 4.79 Å². The van der Waals surface area contributed by atoms with Crippen LogP contribution in [0, 0.1) is 0 Å². The van der Waals surface area contributed by atoms with Crippen LogP contribution in [0.3, 0.4) is 0 Å². The third-order valence-electron chi connectivity index (χ3n) is 8.75. The summed E-state index contributed by atoms with van der Waals surface area (Å²) in [6.45, 7) is 8.07. The molecule has 0 bridgehead atoms. The highest BCUT2D eigenvalue weighted by atomic mass is 16.8. The van der Waals surface area contributed by atoms with Gasteiger partial charge in [-0.05, 0) is 104 Å². The highest BCUT2D eigenvalue weighted by Crippen LogP contribution is 2.34. The Morgan fingerprint density at radius 3 is 1.45 bits per heavy atom. The Labute approximate surface area is 320 Å². The van der Waals surface area contributed by atoms with Gasteiger partial charge in [0, 0.05) is 12.8 Å². The molecule has 0 saturated carbocycles. The Hall–Kier alpha value is -3.49. The predicted octanol–water partition coefficient (Wildman–Crippen LogP) is 11.5. The molecule has 1 saturated heterocycles. The molecule has 1 fully saturated rings. The summed E-state index contributed by atoms with van der Waals surface area (Å²) < 4.78 is 28.2. The van der Waals surface area contributed by atoms with Crippen molar-refractivity contribution in [2.24, 2.45) is 0 Å². The van der Waals surface area contributed by atoms with Gasteiger partial charge < -0.3 is 23.7 Å². The molecule has 2 rings (SSSR count). The van der Waals surface area contributed by atoms with Crippen molar-refractivity contribution in [2.45, 2.75) is 174 Å². The molecule has 0 radical (unpaired) electrons. The van der Waals surface area contributed by atoms with Crippen LogP contribution in [0.25, 0.3) is 0 Å². The van der Waals surface area contributed by atoms with E-state index >= 15 is 0 Å². The average Bonchev–Trinajstić information content (AvgIpc) is 3.65. The Kier molecular flexibility index (Phi) is 24.9. The second kappa shape index (κ2) is 28.9. The standard InChI is InChI=1S/C45H68O8/c1-5-7-9-11-13-15-17-19-21-23-25-27-29-31-33-35-39(46)50-42-41(38-37-49-45(3,4)53-38)52-44(48)43(42)51-40(47)36-34-32-30-28-26-24-22-20-18-16-14-12-10-8-6-2/h13-16,19-22,25-28,38,41H,5-12,17-18,23-24,29-37H2,1-4H3/b15-13-,16-14-,21-19-,22-20-,27-25-,28-26-. The van der Waals surface area contributed by atoms with Crippen molar-refractivity contribution in [3.63, 3.8) is 0 Å². The van der Waals surface area contributed by atoms with Crippen LogP contribution >= 0.6 is 0 Å². The molecule has 0 aromatic carbocycles. The van der Waals surface area contributed by atoms with Crippen LogP contribution in [-0.2, 0) is 38.1 Å². The van der Waals surface area contributed by atoms with Crippen molar-refractivity contribution < 1.29 is 38.1 Å². The fraction of sp³-hybridized carbons (Fsp3) is 0.622. The van der Waals surface area contributed by atoms with Crippen molar-refractivity contribution in [1.29, 1.82) is 0 Å². The van der Waals surface area contributed by atoms with Crippen LogP contribution < -0.4 is 0 Å². The molecule has 0 aliphatic carbocycles. The number of esters is 3. The highest BCUT2D eigenvalue weighted by molar-refractivity contribution is 5.93. The first-order chi connectivity index (χ1) is 25.8. The van der Waals surface area contributed by atoms with Crippen molar-refractivity contribution in [1.82, 2.24) is 0 Å². The van der Waals surface area contributed by atoms with Crippen LogP contribution in [0.1, 0.15) is 156 Å². The molecule has 53 heavy (non-hydrogen) atoms. The van der Waals surface area contributed by atoms with E-state index < -0.39 is 35.9 Å². The van der Waals surface area contributed by atoms with Crippen LogP contribution in [-0.4, -0.2) is 42.5 Å². The molecule has 8 nitrogen and oxygen atoms in total. The van der Waals surface area contributed by atoms with Crippen molar-refractivity contribution >= 4 is 17.9 Å². The molecule has 0 N–H and O–H groups in total. The maximum absolute atomic E-state index is 12.9. The zero-order valence-corrected chi connectivity index (χ0v) is 33.2. The van der Waals surface area contributed by atoms with Crippen LogP contribution in [0.15, 0.2) is 84.4 Å². The molecule has 8 heteroatoms. The maximum atomic E-state index is 12.9. The van der Waals surface area contributed by atoms with Gasteiger partial charge in [-0.2, -0.15) is 0 Å². The first-order valence-electron chi connectivity index (χ1n) is 20.4. The number of rotatable bonds is 29. The number of hydrogen-bond donors (Lipinski definition) is 0. The largest absolute Gasteiger partial charge is 0.445 e. The van der Waals surface area contributed by atoms with Crippen molar-refractivity contribution in [3.8, 4) is 0 Å². The fourth-order valence-electron chi connectivity index (χ4n) is 5.74. The molecule has 0 aromatic rings. The van der Waals surface area contributed by atoms with Crippen LogP contribution in [0.4, 0.5) is 0 Å². The number of carbonyl (C=O) groups excluding carboxylic acids is 3. The minimum Gasteiger partial charge on any atom is -0.445 e. The molecule has 2 aliphatic rings. The molecule has 0 amide bonds. The number of allylic oxidation sites excluding steroid dienone is 12. The smallest absolute Gasteiger partial charge is 0.378 e. The summed E-state index contributed by atoms with van der Waals surface area (Å²) in [4.78, 5) is 38.5. The molecular formula is C45H68O8. The third-order valence-corrected chi connectivity index (χ3v) is 8.75. The van der Waals surface area contributed by atoms with Gasteiger partial charge in [0.05, 0.1) is 6.61 Å². The van der Waals surface area contributed by atoms with E-state index in [0.29, 0.717) is 12.8 Å². The first-order valence-corrected chi connectivity index (χ1v) is 20.4. The van der Waals surface area contributed by atoms with E-state index in [0.717, 1.165) is 64.2 Å². The van der Waals surface area contributed by atoms with Crippen LogP contribution in [0.2, 0.25) is 0 Å². The quantitative estimate of drug-likeness (QED) is 0.0324. The molecule has 0 aromatic heterocycles. The molecule has 296 valence electrons. The SMILES string of the molecule is CCCCC/C=C\C/C=C\C/C=C\CCCCC(=O)OC1=C(OC(=O)CCCC/C=C\C/C=C\C/C=C\CCCCC)C(C2COC(C)(C)O2)OC1=O. The zero-order chi connectivity index (χ0) is 38.4. The number of hydrogen-bond acceptors (Lipinski definition) is 8. The van der Waals surface area contributed by atoms with Gasteiger partial charge in [-0.1, -0.05) is 112 Å². The van der Waals surface area contributed by atoms with E-state index in [4.69, 9.17) is 23.7 Å². The molecule has 2 atom stereocenters. The summed E-state index contributed by atoms with van der Waals surface area (Å²) in [6, 6.07) is 0. The summed E-state index contributed by atoms with van der Waals surface area (Å²) in [7, 11) is 0. The summed E-state index contributed by atoms with van der Waals surface area (Å²) in [6.07, 6.45) is 42.8. The molecule has 2 heterocycles. The van der Waals surface area contributed by atoms with E-state index in [1.165, 1.54) is 38.5 Å². The van der Waals surface area contributed by atoms with Gasteiger partial charge in [-0.15, -0.1) is 0 Å². The third kappa shape index (κ3) is 21.7. The Balaban J connectivity index is 1.76. The number of ether oxygens (including phenoxy) is 5. The second-order valence-electron chi connectivity index (χ2n) is 14.1. The zero-order valence-electron chi connectivity index (χ0n) is 33.2. The van der Waals surface area contributed by atoms with Gasteiger partial charge in [0.2, 0.25) is 5.76 Å². The first kappa shape index (κ1) is 45.7. The lowest BCUT2D eigenvalue weighted by atomic mass is 10.1. The summed E-state index contributed by atoms with van der Waals surface area (Å²) in [5.41, 5.74) is 0. The van der Waals surface area contributed by atoms with E-state index in [1.54, 1.807) is 13.8 Å². The number of cyclic esters (lactones) is 1. The van der Waals surface area contributed by atoms with E-state index in [-0.39, 0.29) is 31.0 Å². The minimum atomic E-state index is -1.05. The minimum absolute atomic E-state index is 0.120. The number of carbonyl (C=O) groups is 3. The lowest BCUT2D eigenvalue weighted by Crippen LogP contribution is -2.34. The van der Waals surface area contributed by atoms with Gasteiger partial charge in [0.15, 0.2) is 11.9 Å². The van der Waals surface area contributed by atoms with E-state index in [9.17, 15) is 14.4 Å². The predicted molar refractivity (Wildman–Crippen MR) is 213 cm³/mol. The summed E-state index contributed by atoms with van der Waals surface area (Å²) in [5, 5.41) is 0. The van der Waals surface area contributed by atoms with E-state index in [1.807, 2.05) is 0 Å². The summed E-state index contributed by atoms with van der Waals surface area (Å²) in [5.74, 6) is -3.35.